The van der Waals surface area contributed by atoms with Crippen LogP contribution in [0.25, 0.3) is 0 Å². The summed E-state index contributed by atoms with van der Waals surface area (Å²) in [6.07, 6.45) is -13.0. The van der Waals surface area contributed by atoms with Gasteiger partial charge in [0.2, 0.25) is 0 Å². The van der Waals surface area contributed by atoms with Gasteiger partial charge < -0.3 is 49.0 Å². The second kappa shape index (κ2) is 26.7. The van der Waals surface area contributed by atoms with Gasteiger partial charge in [-0.15, -0.1) is 4.94 Å². The third-order valence-electron chi connectivity index (χ3n) is 11.3. The van der Waals surface area contributed by atoms with Crippen LogP contribution in [-0.2, 0) is 53.9 Å². The van der Waals surface area contributed by atoms with Crippen molar-refractivity contribution in [2.75, 3.05) is 53.4 Å². The molecule has 0 radical (unpaired) electrons. The number of epoxide rings is 1. The molecule has 0 amide bonds. The van der Waals surface area contributed by atoms with E-state index in [9.17, 15) is 66.0 Å². The lowest BCUT2D eigenvalue weighted by molar-refractivity contribution is -0.411. The zero-order chi connectivity index (χ0) is 53.7. The molecule has 2 aliphatic rings. The summed E-state index contributed by atoms with van der Waals surface area (Å²) in [5.74, 6) is -13.1. The fourth-order valence-corrected chi connectivity index (χ4v) is 36.1. The quantitative estimate of drug-likeness (QED) is 0.0258. The molecule has 9 unspecified atom stereocenters. The summed E-state index contributed by atoms with van der Waals surface area (Å²) in [4.78, 5) is 2.51. The Bertz CT molecular complexity index is 1550. The van der Waals surface area contributed by atoms with E-state index in [1.165, 1.54) is 0 Å². The summed E-state index contributed by atoms with van der Waals surface area (Å²) >= 11 is 0. The van der Waals surface area contributed by atoms with Gasteiger partial charge in [0, 0.05) is 19.8 Å². The number of fused-ring (bicyclic) bond motifs is 1. The van der Waals surface area contributed by atoms with Crippen LogP contribution in [0.4, 0.5) is 66.0 Å². The standard InChI is InChI=1S/C37H69F15O12Si6/c1-65(60-66(2,3)19-10-16-55-26-34(42,59-52)37(49,50)51)61-69(8,22-15-29-13-14-30-31(23-29)58-30)63-68(6,7)64-70(9,21-12-18-54-25-33(41,57-28-39)36(46,47)48)62-67(4,5)20-11-17-53-24-32(40,56-27-38)35(43,44)45/h29-31,65H,10-28H2,1-9H3. The van der Waals surface area contributed by atoms with E-state index in [1.54, 1.807) is 39.3 Å². The van der Waals surface area contributed by atoms with Crippen LogP contribution in [0.2, 0.25) is 83.1 Å². The lowest BCUT2D eigenvalue weighted by Gasteiger charge is -2.44. The van der Waals surface area contributed by atoms with E-state index in [-0.39, 0.29) is 50.2 Å². The Morgan fingerprint density at radius 2 is 0.971 bits per heavy atom. The van der Waals surface area contributed by atoms with Gasteiger partial charge in [-0.1, -0.05) is 0 Å². The third-order valence-corrected chi connectivity index (χ3v) is 35.4. The van der Waals surface area contributed by atoms with Crippen molar-refractivity contribution in [3.05, 3.63) is 0 Å². The molecule has 2 rings (SSSR count). The van der Waals surface area contributed by atoms with Gasteiger partial charge in [0.05, 0.1) is 12.2 Å². The second-order valence-electron chi connectivity index (χ2n) is 19.5. The monoisotopic (exact) mass is 1160 g/mol. The van der Waals surface area contributed by atoms with Crippen molar-refractivity contribution >= 4 is 51.6 Å². The molecule has 0 aromatic rings. The minimum absolute atomic E-state index is 0.0242. The van der Waals surface area contributed by atoms with Gasteiger partial charge in [-0.2, -0.15) is 52.7 Å². The summed E-state index contributed by atoms with van der Waals surface area (Å²) in [6, 6.07) is 1.05. The van der Waals surface area contributed by atoms with Crippen molar-refractivity contribution in [3.63, 3.8) is 0 Å². The summed E-state index contributed by atoms with van der Waals surface area (Å²) in [5, 5.41) is 0. The van der Waals surface area contributed by atoms with Crippen molar-refractivity contribution in [1.82, 2.24) is 0 Å². The van der Waals surface area contributed by atoms with Gasteiger partial charge in [0.25, 0.3) is 9.28 Å². The average molecular weight is 1160 g/mol. The number of alkyl halides is 14. The van der Waals surface area contributed by atoms with E-state index in [2.05, 4.69) is 14.4 Å². The van der Waals surface area contributed by atoms with E-state index in [4.69, 9.17) is 39.5 Å². The first kappa shape index (κ1) is 65.9. The molecule has 0 N–H and O–H groups in total. The SMILES string of the molecule is C[SiH](O[Si](C)(C)CCCOCC(F)(OF)C(F)(F)F)O[Si](C)(CCC1CCC2OC2C1)O[Si](C)(C)O[Si](C)(CCCOCC(F)(OCF)C(F)(F)F)O[Si](C)(C)CCCOCC(F)(OCF)C(F)(F)F. The molecule has 70 heavy (non-hydrogen) atoms. The average Bonchev–Trinajstić information content (AvgIpc) is 3.96. The maximum Gasteiger partial charge on any atom is 0.454 e. The number of halogens is 15. The van der Waals surface area contributed by atoms with Crippen molar-refractivity contribution < 1.29 is 120 Å². The molecule has 1 heterocycles. The Morgan fingerprint density at radius 1 is 0.529 bits per heavy atom. The maximum absolute atomic E-state index is 14.5. The molecular weight excluding hydrogens is 1090 g/mol. The molecule has 418 valence electrons. The molecule has 33 heteroatoms. The number of hydrogen-bond donors (Lipinski definition) is 0. The van der Waals surface area contributed by atoms with Gasteiger partial charge in [0.15, 0.2) is 30.4 Å². The van der Waals surface area contributed by atoms with Gasteiger partial charge >= 0.3 is 61.8 Å². The Labute approximate surface area is 406 Å². The number of hydrogen-bond acceptors (Lipinski definition) is 12. The lowest BCUT2D eigenvalue weighted by atomic mass is 9.88. The molecule has 9 atom stereocenters. The largest absolute Gasteiger partial charge is 0.454 e. The fraction of sp³-hybridized carbons (Fsp3) is 1.00. The first-order chi connectivity index (χ1) is 31.8. The maximum atomic E-state index is 14.5. The van der Waals surface area contributed by atoms with E-state index in [1.807, 2.05) is 19.6 Å². The molecule has 0 spiro atoms. The summed E-state index contributed by atoms with van der Waals surface area (Å²) in [5.41, 5.74) is 0. The normalized spacial score (nSPS) is 23.4. The molecule has 12 nitrogen and oxygen atoms in total. The minimum Gasteiger partial charge on any atom is -0.439 e. The number of ether oxygens (including phenoxy) is 6. The zero-order valence-electron chi connectivity index (χ0n) is 40.8. The van der Waals surface area contributed by atoms with Crippen LogP contribution in [0.15, 0.2) is 0 Å². The second-order valence-corrected chi connectivity index (χ2v) is 41.3. The third kappa shape index (κ3) is 22.2. The van der Waals surface area contributed by atoms with Crippen LogP contribution < -0.4 is 0 Å². The first-order valence-electron chi connectivity index (χ1n) is 22.6. The highest BCUT2D eigenvalue weighted by Gasteiger charge is 2.61. The van der Waals surface area contributed by atoms with Gasteiger partial charge in [-0.25, -0.2) is 8.78 Å². The zero-order valence-corrected chi connectivity index (χ0v) is 47.0. The molecule has 1 saturated heterocycles. The van der Waals surface area contributed by atoms with Crippen molar-refractivity contribution in [3.8, 4) is 0 Å². The Hall–Kier alpha value is -0.229. The van der Waals surface area contributed by atoms with Crippen molar-refractivity contribution in [2.24, 2.45) is 5.92 Å². The van der Waals surface area contributed by atoms with Crippen LogP contribution >= 0.6 is 0 Å². The lowest BCUT2D eigenvalue weighted by Crippen LogP contribution is -2.60. The molecule has 0 aromatic carbocycles. The van der Waals surface area contributed by atoms with Gasteiger partial charge in [-0.05, 0) is 138 Å². The van der Waals surface area contributed by atoms with Crippen LogP contribution in [0, 0.1) is 5.92 Å². The Morgan fingerprint density at radius 3 is 1.41 bits per heavy atom. The van der Waals surface area contributed by atoms with Crippen molar-refractivity contribution in [1.29, 1.82) is 0 Å². The minimum atomic E-state index is -5.67. The number of rotatable bonds is 36. The summed E-state index contributed by atoms with van der Waals surface area (Å²) in [6.45, 7) is 5.53. The van der Waals surface area contributed by atoms with Gasteiger partial charge in [-0.3, -0.25) is 0 Å². The molecule has 1 saturated carbocycles. The van der Waals surface area contributed by atoms with E-state index < -0.39 is 134 Å². The highest BCUT2D eigenvalue weighted by Crippen LogP contribution is 2.43. The fourth-order valence-electron chi connectivity index (χ4n) is 8.09. The molecule has 0 bridgehead atoms. The smallest absolute Gasteiger partial charge is 0.439 e. The predicted octanol–water partition coefficient (Wildman–Crippen LogP) is 11.8. The van der Waals surface area contributed by atoms with E-state index in [0.29, 0.717) is 24.4 Å². The molecule has 1 aliphatic carbocycles. The first-order valence-corrected chi connectivity index (χ1v) is 38.8. The Balaban J connectivity index is 2.28. The molecule has 2 fully saturated rings. The van der Waals surface area contributed by atoms with Crippen LogP contribution in [0.1, 0.15) is 44.9 Å². The van der Waals surface area contributed by atoms with Crippen LogP contribution in [0.3, 0.4) is 0 Å². The highest BCUT2D eigenvalue weighted by atomic mass is 28.5. The van der Waals surface area contributed by atoms with Crippen molar-refractivity contribution in [2.45, 2.75) is 176 Å². The summed E-state index contributed by atoms with van der Waals surface area (Å²) in [7, 11) is -18.5. The van der Waals surface area contributed by atoms with Crippen LogP contribution in [-0.4, -0.2) is 153 Å². The molecule has 0 aromatic heterocycles. The van der Waals surface area contributed by atoms with E-state index >= 15 is 0 Å². The topological polar surface area (TPSA) is 114 Å². The Kier molecular flexibility index (Phi) is 25.1. The van der Waals surface area contributed by atoms with Gasteiger partial charge in [0.1, 0.15) is 19.8 Å². The summed E-state index contributed by atoms with van der Waals surface area (Å²) < 4.78 is 260. The van der Waals surface area contributed by atoms with Crippen LogP contribution in [0.5, 0.6) is 0 Å². The van der Waals surface area contributed by atoms with E-state index in [0.717, 1.165) is 19.3 Å². The molecular formula is C37H69F15O12Si6. The highest BCUT2D eigenvalue weighted by molar-refractivity contribution is 6.90. The molecule has 1 aliphatic heterocycles. The predicted molar refractivity (Wildman–Crippen MR) is 236 cm³/mol.